The molecule has 1 aliphatic carbocycles. The van der Waals surface area contributed by atoms with E-state index in [9.17, 15) is 8.42 Å². The molecule has 2 aromatic rings. The van der Waals surface area contributed by atoms with Crippen LogP contribution in [0.1, 0.15) is 36.8 Å². The molecule has 5 nitrogen and oxygen atoms in total. The molecule has 1 fully saturated rings. The van der Waals surface area contributed by atoms with Gasteiger partial charge in [0, 0.05) is 10.0 Å². The van der Waals surface area contributed by atoms with E-state index in [4.69, 9.17) is 27.9 Å². The molecule has 1 heterocycles. The predicted molar refractivity (Wildman–Crippen MR) is 119 cm³/mol. The number of halogens is 2. The summed E-state index contributed by atoms with van der Waals surface area (Å²) in [6.45, 7) is 2.50. The summed E-state index contributed by atoms with van der Waals surface area (Å²) in [5.41, 5.74) is 2.66. The molecule has 158 valence electrons. The quantitative estimate of drug-likeness (QED) is 0.674. The maximum Gasteiger partial charge on any atom is 0.262 e. The Labute approximate surface area is 182 Å². The number of ether oxygens (including phenoxy) is 1. The molecule has 0 radical (unpaired) electrons. The zero-order chi connectivity index (χ0) is 20.9. The Balaban J connectivity index is 0.000000419. The van der Waals surface area contributed by atoms with Gasteiger partial charge in [-0.1, -0.05) is 23.2 Å². The Kier molecular flexibility index (Phi) is 7.68. The third kappa shape index (κ3) is 5.79. The van der Waals surface area contributed by atoms with Crippen LogP contribution in [0, 0.1) is 0 Å². The smallest absolute Gasteiger partial charge is 0.262 e. The van der Waals surface area contributed by atoms with E-state index in [2.05, 4.69) is 10.0 Å². The van der Waals surface area contributed by atoms with E-state index < -0.39 is 10.0 Å². The maximum absolute atomic E-state index is 12.7. The summed E-state index contributed by atoms with van der Waals surface area (Å²) in [7, 11) is -2.14. The number of nitrogens with one attached hydrogen (secondary N) is 2. The summed E-state index contributed by atoms with van der Waals surface area (Å²) < 4.78 is 33.4. The summed E-state index contributed by atoms with van der Waals surface area (Å²) in [5.74, 6) is 0.804. The van der Waals surface area contributed by atoms with Crippen LogP contribution in [-0.2, 0) is 22.9 Å². The highest BCUT2D eigenvalue weighted by Crippen LogP contribution is 2.36. The van der Waals surface area contributed by atoms with Crippen LogP contribution in [0.4, 0.5) is 5.69 Å². The Morgan fingerprint density at radius 1 is 0.931 bits per heavy atom. The third-order valence-electron chi connectivity index (χ3n) is 5.06. The van der Waals surface area contributed by atoms with Crippen molar-refractivity contribution in [2.24, 2.45) is 0 Å². The van der Waals surface area contributed by atoms with Gasteiger partial charge in [0.1, 0.15) is 5.75 Å². The topological polar surface area (TPSA) is 67.4 Å². The summed E-state index contributed by atoms with van der Waals surface area (Å²) in [4.78, 5) is 0.0420. The molecule has 0 aromatic heterocycles. The van der Waals surface area contributed by atoms with Crippen LogP contribution < -0.4 is 14.8 Å². The first-order chi connectivity index (χ1) is 13.9. The molecule has 8 heteroatoms. The first-order valence-corrected chi connectivity index (χ1v) is 12.0. The normalized spacial score (nSPS) is 15.8. The van der Waals surface area contributed by atoms with E-state index in [0.29, 0.717) is 5.69 Å². The predicted octanol–water partition coefficient (Wildman–Crippen LogP) is 5.05. The molecule has 4 rings (SSSR count). The van der Waals surface area contributed by atoms with Crippen LogP contribution in [0.25, 0.3) is 0 Å². The summed E-state index contributed by atoms with van der Waals surface area (Å²) in [6, 6.07) is 7.80. The highest BCUT2D eigenvalue weighted by atomic mass is 35.5. The first kappa shape index (κ1) is 22.2. The summed E-state index contributed by atoms with van der Waals surface area (Å²) in [6.07, 6.45) is 6.58. The first-order valence-electron chi connectivity index (χ1n) is 9.79. The average Bonchev–Trinajstić information content (AvgIpc) is 3.27. The molecule has 1 saturated heterocycles. The summed E-state index contributed by atoms with van der Waals surface area (Å²) in [5, 5.41) is 3.78. The van der Waals surface area contributed by atoms with Crippen LogP contribution in [0.3, 0.4) is 0 Å². The molecule has 29 heavy (non-hydrogen) atoms. The van der Waals surface area contributed by atoms with Gasteiger partial charge in [-0.25, -0.2) is 8.42 Å². The lowest BCUT2D eigenvalue weighted by Crippen LogP contribution is -2.16. The number of hydrogen-bond acceptors (Lipinski definition) is 4. The number of anilines is 1. The molecule has 1 aliphatic heterocycles. The number of rotatable bonds is 4. The van der Waals surface area contributed by atoms with Crippen LogP contribution in [-0.4, -0.2) is 28.6 Å². The molecular formula is C21H26Cl2N2O3S. The summed E-state index contributed by atoms with van der Waals surface area (Å²) >= 11 is 11.8. The molecule has 0 bridgehead atoms. The van der Waals surface area contributed by atoms with Gasteiger partial charge in [0.25, 0.3) is 10.0 Å². The van der Waals surface area contributed by atoms with Crippen LogP contribution in [0.5, 0.6) is 5.75 Å². The molecule has 0 amide bonds. The molecule has 2 aliphatic rings. The van der Waals surface area contributed by atoms with Gasteiger partial charge in [0.15, 0.2) is 0 Å². The van der Waals surface area contributed by atoms with Crippen molar-refractivity contribution in [1.82, 2.24) is 5.32 Å². The molecule has 2 aromatic carbocycles. The number of benzene rings is 2. The minimum Gasteiger partial charge on any atom is -0.496 e. The fourth-order valence-corrected chi connectivity index (χ4v) is 5.45. The Morgan fingerprint density at radius 3 is 2.10 bits per heavy atom. The third-order valence-corrected chi connectivity index (χ3v) is 6.84. The maximum atomic E-state index is 12.7. The van der Waals surface area contributed by atoms with Gasteiger partial charge in [-0.2, -0.15) is 0 Å². The second-order valence-corrected chi connectivity index (χ2v) is 9.70. The van der Waals surface area contributed by atoms with Gasteiger partial charge in [-0.05, 0) is 93.1 Å². The lowest BCUT2D eigenvalue weighted by Gasteiger charge is -2.22. The SMILES string of the molecule is C1CCNC1.COc1ccc(NS(=O)(=O)c2cc(Cl)cc(Cl)c2)c2c1CCCC2. The lowest BCUT2D eigenvalue weighted by molar-refractivity contribution is 0.406. The lowest BCUT2D eigenvalue weighted by atomic mass is 9.90. The van der Waals surface area contributed by atoms with Gasteiger partial charge < -0.3 is 10.1 Å². The van der Waals surface area contributed by atoms with Crippen molar-refractivity contribution < 1.29 is 13.2 Å². The highest BCUT2D eigenvalue weighted by Gasteiger charge is 2.22. The molecule has 0 spiro atoms. The number of hydrogen-bond donors (Lipinski definition) is 2. The minimum atomic E-state index is -3.77. The van der Waals surface area contributed by atoms with E-state index in [0.717, 1.165) is 42.6 Å². The second-order valence-electron chi connectivity index (χ2n) is 7.15. The minimum absolute atomic E-state index is 0.0420. The van der Waals surface area contributed by atoms with Crippen molar-refractivity contribution in [3.8, 4) is 5.75 Å². The van der Waals surface area contributed by atoms with Gasteiger partial charge >= 0.3 is 0 Å². The molecule has 2 N–H and O–H groups in total. The highest BCUT2D eigenvalue weighted by molar-refractivity contribution is 7.92. The van der Waals surface area contributed by atoms with Gasteiger partial charge in [0.05, 0.1) is 17.7 Å². The van der Waals surface area contributed by atoms with Crippen LogP contribution in [0.2, 0.25) is 10.0 Å². The van der Waals surface area contributed by atoms with Gasteiger partial charge in [0.2, 0.25) is 0 Å². The van der Waals surface area contributed by atoms with Crippen molar-refractivity contribution in [3.63, 3.8) is 0 Å². The van der Waals surface area contributed by atoms with Crippen LogP contribution in [0.15, 0.2) is 35.2 Å². The van der Waals surface area contributed by atoms with Crippen molar-refractivity contribution in [3.05, 3.63) is 51.5 Å². The number of fused-ring (bicyclic) bond motifs is 1. The van der Waals surface area contributed by atoms with Crippen molar-refractivity contribution in [1.29, 1.82) is 0 Å². The van der Waals surface area contributed by atoms with Crippen molar-refractivity contribution in [2.75, 3.05) is 24.9 Å². The zero-order valence-corrected chi connectivity index (χ0v) is 18.8. The largest absolute Gasteiger partial charge is 0.496 e. The molecule has 0 atom stereocenters. The van der Waals surface area contributed by atoms with Crippen LogP contribution >= 0.6 is 23.2 Å². The van der Waals surface area contributed by atoms with E-state index >= 15 is 0 Å². The Bertz CT molecular complexity index is 933. The van der Waals surface area contributed by atoms with Crippen molar-refractivity contribution in [2.45, 2.75) is 43.4 Å². The molecule has 0 saturated carbocycles. The van der Waals surface area contributed by atoms with E-state index in [1.807, 2.05) is 0 Å². The molecular weight excluding hydrogens is 431 g/mol. The second kappa shape index (κ2) is 10.0. The average molecular weight is 457 g/mol. The molecule has 0 unspecified atom stereocenters. The van der Waals surface area contributed by atoms with E-state index in [1.165, 1.54) is 44.1 Å². The van der Waals surface area contributed by atoms with Crippen molar-refractivity contribution >= 4 is 38.9 Å². The number of sulfonamides is 1. The van der Waals surface area contributed by atoms with Gasteiger partial charge in [-0.15, -0.1) is 0 Å². The van der Waals surface area contributed by atoms with Gasteiger partial charge in [-0.3, -0.25) is 4.72 Å². The van der Waals surface area contributed by atoms with E-state index in [-0.39, 0.29) is 14.9 Å². The Morgan fingerprint density at radius 2 is 1.55 bits per heavy atom. The monoisotopic (exact) mass is 456 g/mol. The van der Waals surface area contributed by atoms with E-state index in [1.54, 1.807) is 19.2 Å². The zero-order valence-electron chi connectivity index (χ0n) is 16.4. The number of methoxy groups -OCH3 is 1. The standard InChI is InChI=1S/C17H17Cl2NO3S.C4H9N/c1-23-17-7-6-16(14-4-2-3-5-15(14)17)20-24(21,22)13-9-11(18)8-12(19)10-13;1-2-4-5-3-1/h6-10,20H,2-5H2,1H3;5H,1-4H2. The Hall–Kier alpha value is -1.47. The fraction of sp³-hybridized carbons (Fsp3) is 0.429. The fourth-order valence-electron chi connectivity index (χ4n) is 3.63.